The van der Waals surface area contributed by atoms with Crippen molar-refractivity contribution in [1.82, 2.24) is 0 Å². The van der Waals surface area contributed by atoms with Crippen molar-refractivity contribution >= 4 is 11.6 Å². The van der Waals surface area contributed by atoms with Gasteiger partial charge in [-0.15, -0.1) is 0 Å². The molecule has 0 saturated carbocycles. The number of rotatable bonds is 7. The Labute approximate surface area is 130 Å². The molecule has 1 unspecified atom stereocenters. The molecule has 0 saturated heterocycles. The average Bonchev–Trinajstić information content (AvgIpc) is 2.52. The van der Waals surface area contributed by atoms with Crippen molar-refractivity contribution in [3.05, 3.63) is 64.7 Å². The van der Waals surface area contributed by atoms with Crippen molar-refractivity contribution in [3.8, 4) is 5.75 Å². The number of aliphatic hydroxyl groups excluding tert-OH is 1. The molecule has 112 valence electrons. The zero-order chi connectivity index (χ0) is 15.1. The van der Waals surface area contributed by atoms with Crippen LogP contribution in [0.3, 0.4) is 0 Å². The summed E-state index contributed by atoms with van der Waals surface area (Å²) < 4.78 is 5.73. The number of hydrogen-bond donors (Lipinski definition) is 2. The molecule has 0 spiro atoms. The summed E-state index contributed by atoms with van der Waals surface area (Å²) in [6, 6.07) is 15.7. The van der Waals surface area contributed by atoms with Crippen molar-refractivity contribution in [2.45, 2.75) is 13.0 Å². The van der Waals surface area contributed by atoms with E-state index in [0.29, 0.717) is 30.3 Å². The SMILES string of the molecule is NCC(CO)Cc1ccc(OCc2ccccc2)c(Cl)c1. The van der Waals surface area contributed by atoms with Gasteiger partial charge in [0.15, 0.2) is 0 Å². The van der Waals surface area contributed by atoms with E-state index in [1.165, 1.54) is 0 Å². The molecular weight excluding hydrogens is 286 g/mol. The predicted molar refractivity (Wildman–Crippen MR) is 85.6 cm³/mol. The van der Waals surface area contributed by atoms with Crippen LogP contribution in [0.5, 0.6) is 5.75 Å². The lowest BCUT2D eigenvalue weighted by Gasteiger charge is -2.13. The summed E-state index contributed by atoms with van der Waals surface area (Å²) >= 11 is 6.25. The summed E-state index contributed by atoms with van der Waals surface area (Å²) in [6.07, 6.45) is 0.714. The first-order valence-electron chi connectivity index (χ1n) is 6.99. The van der Waals surface area contributed by atoms with Gasteiger partial charge in [0.05, 0.1) is 5.02 Å². The minimum atomic E-state index is 0.0668. The first-order valence-corrected chi connectivity index (χ1v) is 7.36. The van der Waals surface area contributed by atoms with Gasteiger partial charge in [-0.3, -0.25) is 0 Å². The maximum Gasteiger partial charge on any atom is 0.138 e. The Morgan fingerprint density at radius 1 is 1.10 bits per heavy atom. The Morgan fingerprint density at radius 3 is 2.48 bits per heavy atom. The molecule has 0 fully saturated rings. The topological polar surface area (TPSA) is 55.5 Å². The van der Waals surface area contributed by atoms with Gasteiger partial charge in [-0.25, -0.2) is 0 Å². The number of benzene rings is 2. The van der Waals surface area contributed by atoms with Crippen LogP contribution in [0.2, 0.25) is 5.02 Å². The highest BCUT2D eigenvalue weighted by Crippen LogP contribution is 2.27. The van der Waals surface area contributed by atoms with E-state index in [-0.39, 0.29) is 12.5 Å². The third-order valence-electron chi connectivity index (χ3n) is 3.35. The van der Waals surface area contributed by atoms with E-state index in [1.54, 1.807) is 0 Å². The molecule has 0 amide bonds. The van der Waals surface area contributed by atoms with E-state index < -0.39 is 0 Å². The molecule has 0 radical (unpaired) electrons. The largest absolute Gasteiger partial charge is 0.487 e. The molecule has 0 aliphatic rings. The monoisotopic (exact) mass is 305 g/mol. The lowest BCUT2D eigenvalue weighted by atomic mass is 10.0. The Balaban J connectivity index is 1.99. The lowest BCUT2D eigenvalue weighted by Crippen LogP contribution is -2.20. The van der Waals surface area contributed by atoms with Gasteiger partial charge >= 0.3 is 0 Å². The van der Waals surface area contributed by atoms with Crippen molar-refractivity contribution in [1.29, 1.82) is 0 Å². The van der Waals surface area contributed by atoms with Crippen LogP contribution in [-0.2, 0) is 13.0 Å². The summed E-state index contributed by atoms with van der Waals surface area (Å²) in [5, 5.41) is 9.76. The maximum absolute atomic E-state index is 9.18. The lowest BCUT2D eigenvalue weighted by molar-refractivity contribution is 0.230. The summed E-state index contributed by atoms with van der Waals surface area (Å²) in [5.74, 6) is 0.731. The molecule has 1 atom stereocenters. The van der Waals surface area contributed by atoms with E-state index in [2.05, 4.69) is 0 Å². The van der Waals surface area contributed by atoms with Crippen molar-refractivity contribution < 1.29 is 9.84 Å². The molecule has 0 bridgehead atoms. The minimum Gasteiger partial charge on any atom is -0.487 e. The standard InChI is InChI=1S/C17H20ClNO2/c18-16-9-14(8-15(10-19)11-20)6-7-17(16)21-12-13-4-2-1-3-5-13/h1-7,9,15,20H,8,10-12,19H2. The van der Waals surface area contributed by atoms with Gasteiger partial charge in [0.2, 0.25) is 0 Å². The van der Waals surface area contributed by atoms with Gasteiger partial charge in [0, 0.05) is 6.61 Å². The zero-order valence-corrected chi connectivity index (χ0v) is 12.6. The minimum absolute atomic E-state index is 0.0668. The second-order valence-corrected chi connectivity index (χ2v) is 5.43. The Kier molecular flexibility index (Phi) is 6.05. The Morgan fingerprint density at radius 2 is 1.86 bits per heavy atom. The molecule has 2 aromatic carbocycles. The molecule has 2 rings (SSSR count). The van der Waals surface area contributed by atoms with Crippen LogP contribution in [0, 0.1) is 5.92 Å². The van der Waals surface area contributed by atoms with Crippen LogP contribution >= 0.6 is 11.6 Å². The molecule has 3 nitrogen and oxygen atoms in total. The fraction of sp³-hybridized carbons (Fsp3) is 0.294. The quantitative estimate of drug-likeness (QED) is 0.826. The number of nitrogens with two attached hydrogens (primary N) is 1. The van der Waals surface area contributed by atoms with E-state index in [4.69, 9.17) is 22.1 Å². The molecule has 3 N–H and O–H groups in total. The number of hydrogen-bond acceptors (Lipinski definition) is 3. The molecule has 21 heavy (non-hydrogen) atoms. The molecule has 0 aromatic heterocycles. The van der Waals surface area contributed by atoms with Crippen molar-refractivity contribution in [2.24, 2.45) is 11.7 Å². The Hall–Kier alpha value is -1.55. The van der Waals surface area contributed by atoms with E-state index in [9.17, 15) is 5.11 Å². The third kappa shape index (κ3) is 4.74. The van der Waals surface area contributed by atoms with E-state index >= 15 is 0 Å². The second kappa shape index (κ2) is 8.03. The van der Waals surface area contributed by atoms with Gasteiger partial charge in [-0.2, -0.15) is 0 Å². The maximum atomic E-state index is 9.18. The average molecular weight is 306 g/mol. The van der Waals surface area contributed by atoms with Crippen LogP contribution in [-0.4, -0.2) is 18.3 Å². The normalized spacial score (nSPS) is 12.1. The highest BCUT2D eigenvalue weighted by Gasteiger charge is 2.09. The smallest absolute Gasteiger partial charge is 0.138 e. The molecule has 4 heteroatoms. The molecule has 2 aromatic rings. The molecule has 0 aliphatic heterocycles. The molecule has 0 heterocycles. The third-order valence-corrected chi connectivity index (χ3v) is 3.64. The first-order chi connectivity index (χ1) is 10.2. The van der Waals surface area contributed by atoms with Crippen molar-refractivity contribution in [2.75, 3.05) is 13.2 Å². The van der Waals surface area contributed by atoms with E-state index in [0.717, 1.165) is 11.1 Å². The van der Waals surface area contributed by atoms with Crippen LogP contribution in [0.25, 0.3) is 0 Å². The number of ether oxygens (including phenoxy) is 1. The summed E-state index contributed by atoms with van der Waals surface area (Å²) in [6.45, 7) is 1.03. The van der Waals surface area contributed by atoms with Crippen LogP contribution < -0.4 is 10.5 Å². The highest BCUT2D eigenvalue weighted by molar-refractivity contribution is 6.32. The van der Waals surface area contributed by atoms with Gasteiger partial charge in [0.25, 0.3) is 0 Å². The van der Waals surface area contributed by atoms with Gasteiger partial charge < -0.3 is 15.6 Å². The molecular formula is C17H20ClNO2. The van der Waals surface area contributed by atoms with Crippen molar-refractivity contribution in [3.63, 3.8) is 0 Å². The Bertz CT molecular complexity index is 556. The summed E-state index contributed by atoms with van der Waals surface area (Å²) in [4.78, 5) is 0. The molecule has 0 aliphatic carbocycles. The number of aliphatic hydroxyl groups is 1. The van der Waals surface area contributed by atoms with E-state index in [1.807, 2.05) is 48.5 Å². The van der Waals surface area contributed by atoms with Gasteiger partial charge in [-0.1, -0.05) is 48.0 Å². The van der Waals surface area contributed by atoms with Gasteiger partial charge in [-0.05, 0) is 42.1 Å². The van der Waals surface area contributed by atoms with Gasteiger partial charge in [0.1, 0.15) is 12.4 Å². The second-order valence-electron chi connectivity index (χ2n) is 5.03. The fourth-order valence-corrected chi connectivity index (χ4v) is 2.34. The van der Waals surface area contributed by atoms with Crippen LogP contribution in [0.15, 0.2) is 48.5 Å². The van der Waals surface area contributed by atoms with Crippen LogP contribution in [0.1, 0.15) is 11.1 Å². The summed E-state index contributed by atoms with van der Waals surface area (Å²) in [5.41, 5.74) is 7.74. The highest BCUT2D eigenvalue weighted by atomic mass is 35.5. The number of halogens is 1. The predicted octanol–water partition coefficient (Wildman–Crippen LogP) is 3.03. The first kappa shape index (κ1) is 15.8. The van der Waals surface area contributed by atoms with Crippen LogP contribution in [0.4, 0.5) is 0 Å². The summed E-state index contributed by atoms with van der Waals surface area (Å²) in [7, 11) is 0. The zero-order valence-electron chi connectivity index (χ0n) is 11.8. The fourth-order valence-electron chi connectivity index (χ4n) is 2.08.